The van der Waals surface area contributed by atoms with Crippen LogP contribution in [0, 0.1) is 17.8 Å². The van der Waals surface area contributed by atoms with E-state index in [0.29, 0.717) is 11.8 Å². The van der Waals surface area contributed by atoms with Crippen molar-refractivity contribution in [3.05, 3.63) is 12.3 Å². The van der Waals surface area contributed by atoms with E-state index < -0.39 is 0 Å². The molecule has 5 nitrogen and oxygen atoms in total. The first kappa shape index (κ1) is 12.7. The van der Waals surface area contributed by atoms with E-state index in [1.807, 2.05) is 24.6 Å². The van der Waals surface area contributed by atoms with Crippen molar-refractivity contribution < 1.29 is 4.79 Å². The number of aromatic nitrogens is 2. The number of fused-ring (bicyclic) bond motifs is 2. The van der Waals surface area contributed by atoms with Gasteiger partial charge in [-0.15, -0.1) is 0 Å². The fourth-order valence-electron chi connectivity index (χ4n) is 3.76. The maximum atomic E-state index is 12.5. The molecule has 0 saturated heterocycles. The van der Waals surface area contributed by atoms with Crippen molar-refractivity contribution in [2.45, 2.75) is 45.2 Å². The minimum Gasteiger partial charge on any atom is -0.327 e. The lowest BCUT2D eigenvalue weighted by Gasteiger charge is -2.27. The van der Waals surface area contributed by atoms with Crippen molar-refractivity contribution in [3.8, 4) is 0 Å². The van der Waals surface area contributed by atoms with E-state index in [0.717, 1.165) is 18.7 Å². The summed E-state index contributed by atoms with van der Waals surface area (Å²) >= 11 is 0. The van der Waals surface area contributed by atoms with E-state index >= 15 is 0 Å². The molecule has 1 aromatic heterocycles. The monoisotopic (exact) mass is 262 g/mol. The third kappa shape index (κ3) is 2.06. The molecule has 0 spiro atoms. The summed E-state index contributed by atoms with van der Waals surface area (Å²) in [5.41, 5.74) is 6.21. The number of nitrogens with one attached hydrogen (secondary N) is 1. The first-order valence-electron chi connectivity index (χ1n) is 7.18. The number of nitrogens with two attached hydrogens (primary N) is 1. The highest BCUT2D eigenvalue weighted by atomic mass is 16.2. The van der Waals surface area contributed by atoms with Gasteiger partial charge in [0.25, 0.3) is 0 Å². The van der Waals surface area contributed by atoms with Crippen LogP contribution >= 0.6 is 0 Å². The Labute approximate surface area is 113 Å². The van der Waals surface area contributed by atoms with Crippen molar-refractivity contribution in [2.75, 3.05) is 5.32 Å². The second kappa shape index (κ2) is 4.63. The van der Waals surface area contributed by atoms with Gasteiger partial charge in [0, 0.05) is 18.2 Å². The molecule has 5 heteroatoms. The lowest BCUT2D eigenvalue weighted by atomic mass is 9.84. The largest absolute Gasteiger partial charge is 0.327 e. The lowest BCUT2D eigenvalue weighted by Crippen LogP contribution is -2.42. The number of carbonyl (C=O) groups excluding carboxylic acids is 1. The van der Waals surface area contributed by atoms with Crippen LogP contribution in [0.2, 0.25) is 0 Å². The Morgan fingerprint density at radius 1 is 1.47 bits per heavy atom. The summed E-state index contributed by atoms with van der Waals surface area (Å²) in [7, 11) is 0. The number of rotatable bonds is 3. The molecule has 2 aliphatic carbocycles. The number of anilines is 1. The Kier molecular flexibility index (Phi) is 3.09. The average molecular weight is 262 g/mol. The molecule has 1 heterocycles. The van der Waals surface area contributed by atoms with Crippen LogP contribution in [0.4, 0.5) is 5.82 Å². The van der Waals surface area contributed by atoms with Crippen LogP contribution in [0.15, 0.2) is 12.3 Å². The number of hydrogen-bond donors (Lipinski definition) is 2. The van der Waals surface area contributed by atoms with E-state index in [1.54, 1.807) is 6.20 Å². The van der Waals surface area contributed by atoms with E-state index in [-0.39, 0.29) is 23.9 Å². The van der Waals surface area contributed by atoms with E-state index in [4.69, 9.17) is 5.73 Å². The van der Waals surface area contributed by atoms with Gasteiger partial charge in [-0.05, 0) is 44.9 Å². The third-order valence-corrected chi connectivity index (χ3v) is 4.69. The smallest absolute Gasteiger partial charge is 0.230 e. The molecule has 1 amide bonds. The molecule has 2 saturated carbocycles. The Balaban J connectivity index is 1.73. The van der Waals surface area contributed by atoms with Crippen molar-refractivity contribution in [1.82, 2.24) is 9.78 Å². The van der Waals surface area contributed by atoms with Gasteiger partial charge in [0.15, 0.2) is 0 Å². The zero-order valence-electron chi connectivity index (χ0n) is 11.5. The highest BCUT2D eigenvalue weighted by molar-refractivity contribution is 5.92. The van der Waals surface area contributed by atoms with Gasteiger partial charge in [0.05, 0.1) is 12.1 Å². The highest BCUT2D eigenvalue weighted by Crippen LogP contribution is 2.47. The maximum Gasteiger partial charge on any atom is 0.230 e. The van der Waals surface area contributed by atoms with Crippen molar-refractivity contribution >= 4 is 11.7 Å². The van der Waals surface area contributed by atoms with Crippen LogP contribution in [0.5, 0.6) is 0 Å². The van der Waals surface area contributed by atoms with Crippen LogP contribution in [-0.4, -0.2) is 21.7 Å². The first-order valence-corrected chi connectivity index (χ1v) is 7.18. The molecule has 2 fully saturated rings. The molecule has 2 bridgehead atoms. The molecular formula is C14H22N4O. The summed E-state index contributed by atoms with van der Waals surface area (Å²) in [6.07, 6.45) is 5.19. The van der Waals surface area contributed by atoms with Crippen LogP contribution in [-0.2, 0) is 4.79 Å². The molecule has 3 rings (SSSR count). The standard InChI is InChI=1S/C14H22N4O/c1-8(2)18-11(5-6-16-18)17-14(19)12-9-3-4-10(7-9)13(12)15/h5-6,8-10,12-13H,3-4,7,15H2,1-2H3,(H,17,19). The zero-order chi connectivity index (χ0) is 13.6. The van der Waals surface area contributed by atoms with Gasteiger partial charge in [-0.3, -0.25) is 4.79 Å². The van der Waals surface area contributed by atoms with Gasteiger partial charge >= 0.3 is 0 Å². The molecule has 1 aromatic rings. The van der Waals surface area contributed by atoms with Gasteiger partial charge in [0.1, 0.15) is 5.82 Å². The molecular weight excluding hydrogens is 240 g/mol. The van der Waals surface area contributed by atoms with Crippen LogP contribution in [0.3, 0.4) is 0 Å². The fraction of sp³-hybridized carbons (Fsp3) is 0.714. The van der Waals surface area contributed by atoms with Crippen molar-refractivity contribution in [3.63, 3.8) is 0 Å². The predicted octanol–water partition coefficient (Wildman–Crippen LogP) is 1.78. The Morgan fingerprint density at radius 3 is 2.84 bits per heavy atom. The van der Waals surface area contributed by atoms with Crippen LogP contribution < -0.4 is 11.1 Å². The fourth-order valence-corrected chi connectivity index (χ4v) is 3.76. The molecule has 0 radical (unpaired) electrons. The summed E-state index contributed by atoms with van der Waals surface area (Å²) < 4.78 is 1.83. The lowest BCUT2D eigenvalue weighted by molar-refractivity contribution is -0.121. The third-order valence-electron chi connectivity index (χ3n) is 4.69. The predicted molar refractivity (Wildman–Crippen MR) is 73.5 cm³/mol. The molecule has 2 aliphatic rings. The Hall–Kier alpha value is -1.36. The zero-order valence-corrected chi connectivity index (χ0v) is 11.5. The van der Waals surface area contributed by atoms with Crippen molar-refractivity contribution in [1.29, 1.82) is 0 Å². The van der Waals surface area contributed by atoms with Gasteiger partial charge in [0.2, 0.25) is 5.91 Å². The summed E-state index contributed by atoms with van der Waals surface area (Å²) in [5.74, 6) is 1.86. The molecule has 4 unspecified atom stereocenters. The molecule has 3 N–H and O–H groups in total. The first-order chi connectivity index (χ1) is 9.08. The molecule has 0 aliphatic heterocycles. The van der Waals surface area contributed by atoms with Gasteiger partial charge in [-0.1, -0.05) is 0 Å². The quantitative estimate of drug-likeness (QED) is 0.872. The highest BCUT2D eigenvalue weighted by Gasteiger charge is 2.49. The summed E-state index contributed by atoms with van der Waals surface area (Å²) in [4.78, 5) is 12.5. The number of hydrogen-bond acceptors (Lipinski definition) is 3. The van der Waals surface area contributed by atoms with E-state index in [1.165, 1.54) is 6.42 Å². The molecule has 19 heavy (non-hydrogen) atoms. The normalized spacial score (nSPS) is 33.1. The van der Waals surface area contributed by atoms with Gasteiger partial charge in [-0.2, -0.15) is 5.10 Å². The Morgan fingerprint density at radius 2 is 2.21 bits per heavy atom. The number of nitrogens with zero attached hydrogens (tertiary/aromatic N) is 2. The number of amides is 1. The topological polar surface area (TPSA) is 72.9 Å². The second-order valence-corrected chi connectivity index (χ2v) is 6.18. The molecule has 0 aromatic carbocycles. The maximum absolute atomic E-state index is 12.5. The van der Waals surface area contributed by atoms with Crippen LogP contribution in [0.25, 0.3) is 0 Å². The SMILES string of the molecule is CC(C)n1nccc1NC(=O)C1C2CCC(C2)C1N. The van der Waals surface area contributed by atoms with Crippen LogP contribution in [0.1, 0.15) is 39.2 Å². The van der Waals surface area contributed by atoms with Crippen molar-refractivity contribution in [2.24, 2.45) is 23.5 Å². The second-order valence-electron chi connectivity index (χ2n) is 6.18. The summed E-state index contributed by atoms with van der Waals surface area (Å²) in [6.45, 7) is 4.10. The van der Waals surface area contributed by atoms with Gasteiger partial charge in [-0.25, -0.2) is 4.68 Å². The minimum absolute atomic E-state index is 0.0192. The van der Waals surface area contributed by atoms with E-state index in [2.05, 4.69) is 10.4 Å². The molecule has 4 atom stereocenters. The van der Waals surface area contributed by atoms with Gasteiger partial charge < -0.3 is 11.1 Å². The van der Waals surface area contributed by atoms with E-state index in [9.17, 15) is 4.79 Å². The minimum atomic E-state index is -0.0192. The Bertz CT molecular complexity index is 480. The average Bonchev–Trinajstić information content (AvgIpc) is 3.02. The summed E-state index contributed by atoms with van der Waals surface area (Å²) in [5, 5.41) is 7.24. The number of carbonyl (C=O) groups is 1. The summed E-state index contributed by atoms with van der Waals surface area (Å²) in [6, 6.07) is 2.12. The molecule has 104 valence electrons.